The molecule has 12 heteroatoms. The summed E-state index contributed by atoms with van der Waals surface area (Å²) in [5.74, 6) is 2.28. The second-order valence-corrected chi connectivity index (χ2v) is 10.6. The molecular weight excluding hydrogens is 587 g/mol. The number of amides is 1. The van der Waals surface area contributed by atoms with Crippen molar-refractivity contribution in [1.29, 1.82) is 0 Å². The Morgan fingerprint density at radius 2 is 1.93 bits per heavy atom. The SMILES string of the molecule is COCCNCC1=Cc2c(ncnc2Nc2ccc(Oc3cccc(C(=O)NC(C)(C)C)c3)c(Cl)c2)NCC1.Cl.Cl. The van der Waals surface area contributed by atoms with Gasteiger partial charge >= 0.3 is 0 Å². The first-order chi connectivity index (χ1) is 18.7. The van der Waals surface area contributed by atoms with E-state index in [0.717, 1.165) is 43.1 Å². The molecule has 0 radical (unpaired) electrons. The maximum absolute atomic E-state index is 12.5. The molecule has 41 heavy (non-hydrogen) atoms. The Labute approximate surface area is 258 Å². The molecule has 0 aliphatic carbocycles. The molecule has 4 rings (SSSR count). The second kappa shape index (κ2) is 15.8. The molecule has 2 aromatic carbocycles. The molecule has 3 aromatic rings. The Kier molecular flexibility index (Phi) is 13.1. The third kappa shape index (κ3) is 10.1. The van der Waals surface area contributed by atoms with Gasteiger partial charge in [0.25, 0.3) is 5.91 Å². The van der Waals surface area contributed by atoms with E-state index in [-0.39, 0.29) is 36.3 Å². The smallest absolute Gasteiger partial charge is 0.251 e. The van der Waals surface area contributed by atoms with Crippen LogP contribution in [-0.2, 0) is 4.74 Å². The Balaban J connectivity index is 0.00000294. The van der Waals surface area contributed by atoms with Crippen LogP contribution in [0.25, 0.3) is 6.08 Å². The van der Waals surface area contributed by atoms with Gasteiger partial charge in [0.15, 0.2) is 0 Å². The summed E-state index contributed by atoms with van der Waals surface area (Å²) in [4.78, 5) is 21.5. The molecule has 0 saturated carbocycles. The number of ether oxygens (including phenoxy) is 2. The second-order valence-electron chi connectivity index (χ2n) is 10.2. The summed E-state index contributed by atoms with van der Waals surface area (Å²) in [6.45, 7) is 8.81. The monoisotopic (exact) mass is 622 g/mol. The number of aromatic nitrogens is 2. The summed E-state index contributed by atoms with van der Waals surface area (Å²) in [5.41, 5.74) is 3.06. The first-order valence-electron chi connectivity index (χ1n) is 12.9. The number of hydrogen-bond donors (Lipinski definition) is 4. The number of fused-ring (bicyclic) bond motifs is 1. The molecule has 222 valence electrons. The average molecular weight is 624 g/mol. The van der Waals surface area contributed by atoms with Crippen molar-refractivity contribution in [2.24, 2.45) is 0 Å². The molecule has 9 nitrogen and oxygen atoms in total. The van der Waals surface area contributed by atoms with E-state index in [9.17, 15) is 4.79 Å². The van der Waals surface area contributed by atoms with E-state index in [1.807, 2.05) is 26.8 Å². The van der Waals surface area contributed by atoms with Crippen molar-refractivity contribution >= 4 is 65.7 Å². The van der Waals surface area contributed by atoms with Crippen LogP contribution in [0.15, 0.2) is 54.4 Å². The molecule has 1 aliphatic rings. The number of anilines is 3. The predicted molar refractivity (Wildman–Crippen MR) is 171 cm³/mol. The third-order valence-electron chi connectivity index (χ3n) is 5.81. The molecule has 0 fully saturated rings. The molecule has 0 atom stereocenters. The van der Waals surface area contributed by atoms with Crippen LogP contribution in [0.4, 0.5) is 17.3 Å². The highest BCUT2D eigenvalue weighted by Crippen LogP contribution is 2.34. The molecule has 1 aliphatic heterocycles. The number of benzene rings is 2. The van der Waals surface area contributed by atoms with Crippen LogP contribution < -0.4 is 26.0 Å². The maximum Gasteiger partial charge on any atom is 0.251 e. The summed E-state index contributed by atoms with van der Waals surface area (Å²) in [5, 5.41) is 13.5. The standard InChI is InChI=1S/C29H35ClN6O3.2ClH/c1-29(2,3)36-28(37)20-6-5-7-22(15-20)39-25-9-8-21(16-24(25)30)35-27-23-14-19(17-31-12-13-38-4)10-11-32-26(23)33-18-34-27;;/h5-9,14-16,18,31H,10-13,17H2,1-4H3,(H,36,37)(H2,32,33,34,35);2*1H. The van der Waals surface area contributed by atoms with Gasteiger partial charge < -0.3 is 30.7 Å². The van der Waals surface area contributed by atoms with Gasteiger partial charge in [-0.2, -0.15) is 0 Å². The summed E-state index contributed by atoms with van der Waals surface area (Å²) in [7, 11) is 1.69. The maximum atomic E-state index is 12.5. The summed E-state index contributed by atoms with van der Waals surface area (Å²) >= 11 is 6.59. The molecule has 1 amide bonds. The van der Waals surface area contributed by atoms with Crippen LogP contribution >= 0.6 is 36.4 Å². The van der Waals surface area contributed by atoms with Crippen LogP contribution in [0.5, 0.6) is 11.5 Å². The van der Waals surface area contributed by atoms with Gasteiger partial charge in [-0.15, -0.1) is 24.8 Å². The van der Waals surface area contributed by atoms with Crippen LogP contribution in [0.1, 0.15) is 43.1 Å². The number of nitrogens with zero attached hydrogens (tertiary/aromatic N) is 2. The molecule has 0 bridgehead atoms. The van der Waals surface area contributed by atoms with E-state index in [0.29, 0.717) is 34.5 Å². The van der Waals surface area contributed by atoms with Crippen LogP contribution in [-0.4, -0.2) is 54.8 Å². The molecule has 0 saturated heterocycles. The van der Waals surface area contributed by atoms with Gasteiger partial charge in [-0.1, -0.05) is 23.2 Å². The number of carbonyl (C=O) groups is 1. The van der Waals surface area contributed by atoms with Crippen molar-refractivity contribution < 1.29 is 14.3 Å². The summed E-state index contributed by atoms with van der Waals surface area (Å²) in [6, 6.07) is 12.4. The fraction of sp³-hybridized carbons (Fsp3) is 0.345. The van der Waals surface area contributed by atoms with E-state index >= 15 is 0 Å². The number of halogens is 3. The van der Waals surface area contributed by atoms with Crippen molar-refractivity contribution in [3.8, 4) is 11.5 Å². The first-order valence-corrected chi connectivity index (χ1v) is 13.2. The summed E-state index contributed by atoms with van der Waals surface area (Å²) < 4.78 is 11.1. The van der Waals surface area contributed by atoms with Gasteiger partial charge in [-0.3, -0.25) is 4.79 Å². The Hall–Kier alpha value is -3.08. The minimum atomic E-state index is -0.337. The van der Waals surface area contributed by atoms with E-state index in [1.54, 1.807) is 43.5 Å². The molecule has 0 spiro atoms. The Morgan fingerprint density at radius 1 is 1.12 bits per heavy atom. The lowest BCUT2D eigenvalue weighted by atomic mass is 10.1. The van der Waals surface area contributed by atoms with E-state index < -0.39 is 0 Å². The number of carbonyl (C=O) groups excluding carboxylic acids is 1. The van der Waals surface area contributed by atoms with Crippen LogP contribution in [0, 0.1) is 0 Å². The lowest BCUT2D eigenvalue weighted by Crippen LogP contribution is -2.40. The molecule has 1 aromatic heterocycles. The fourth-order valence-corrected chi connectivity index (χ4v) is 4.21. The first kappa shape index (κ1) is 34.1. The highest BCUT2D eigenvalue weighted by atomic mass is 35.5. The number of methoxy groups -OCH3 is 1. The van der Waals surface area contributed by atoms with Gasteiger partial charge in [0, 0.05) is 43.5 Å². The zero-order valence-electron chi connectivity index (χ0n) is 23.5. The van der Waals surface area contributed by atoms with Gasteiger partial charge in [-0.25, -0.2) is 9.97 Å². The largest absolute Gasteiger partial charge is 0.456 e. The molecule has 2 heterocycles. The van der Waals surface area contributed by atoms with Crippen molar-refractivity contribution in [1.82, 2.24) is 20.6 Å². The summed E-state index contributed by atoms with van der Waals surface area (Å²) in [6.07, 6.45) is 4.55. The molecule has 0 unspecified atom stereocenters. The lowest BCUT2D eigenvalue weighted by Gasteiger charge is -2.20. The highest BCUT2D eigenvalue weighted by molar-refractivity contribution is 6.32. The van der Waals surface area contributed by atoms with Crippen LogP contribution in [0.3, 0.4) is 0 Å². The van der Waals surface area contributed by atoms with E-state index in [2.05, 4.69) is 37.3 Å². The van der Waals surface area contributed by atoms with Gasteiger partial charge in [0.2, 0.25) is 0 Å². The molecule has 4 N–H and O–H groups in total. The number of nitrogens with one attached hydrogen (secondary N) is 4. The van der Waals surface area contributed by atoms with E-state index in [4.69, 9.17) is 21.1 Å². The Morgan fingerprint density at radius 3 is 2.66 bits per heavy atom. The van der Waals surface area contributed by atoms with Gasteiger partial charge in [0.05, 0.1) is 17.2 Å². The minimum absolute atomic E-state index is 0. The van der Waals surface area contributed by atoms with Crippen molar-refractivity contribution in [3.63, 3.8) is 0 Å². The lowest BCUT2D eigenvalue weighted by molar-refractivity contribution is 0.0919. The zero-order valence-corrected chi connectivity index (χ0v) is 25.9. The average Bonchev–Trinajstić information content (AvgIpc) is 3.10. The Bertz CT molecular complexity index is 1350. The topological polar surface area (TPSA) is 109 Å². The predicted octanol–water partition coefficient (Wildman–Crippen LogP) is 6.47. The van der Waals surface area contributed by atoms with Gasteiger partial charge in [-0.05, 0) is 69.7 Å². The minimum Gasteiger partial charge on any atom is -0.456 e. The number of hydrogen-bond acceptors (Lipinski definition) is 8. The highest BCUT2D eigenvalue weighted by Gasteiger charge is 2.17. The van der Waals surface area contributed by atoms with E-state index in [1.165, 1.54) is 11.9 Å². The fourth-order valence-electron chi connectivity index (χ4n) is 3.99. The van der Waals surface area contributed by atoms with Crippen molar-refractivity contribution in [2.45, 2.75) is 32.7 Å². The van der Waals surface area contributed by atoms with Gasteiger partial charge in [0.1, 0.15) is 29.5 Å². The quantitative estimate of drug-likeness (QED) is 0.190. The zero-order chi connectivity index (χ0) is 27.8. The third-order valence-corrected chi connectivity index (χ3v) is 6.11. The van der Waals surface area contributed by atoms with Crippen LogP contribution in [0.2, 0.25) is 5.02 Å². The number of rotatable bonds is 10. The molecular formula is C29H37Cl3N6O3. The van der Waals surface area contributed by atoms with Crippen molar-refractivity contribution in [3.05, 3.63) is 70.5 Å². The normalized spacial score (nSPS) is 12.4. The van der Waals surface area contributed by atoms with Crippen molar-refractivity contribution in [2.75, 3.05) is 44.0 Å².